The summed E-state index contributed by atoms with van der Waals surface area (Å²) in [5.41, 5.74) is 2.59. The van der Waals surface area contributed by atoms with Crippen molar-refractivity contribution in [2.24, 2.45) is 0 Å². The Balaban J connectivity index is 1.34. The van der Waals surface area contributed by atoms with E-state index in [1.165, 1.54) is 11.6 Å². The Morgan fingerprint density at radius 1 is 1.16 bits per heavy atom. The summed E-state index contributed by atoms with van der Waals surface area (Å²) in [5.74, 6) is -2.18. The maximum atomic E-state index is 12.6. The van der Waals surface area contributed by atoms with Gasteiger partial charge in [-0.1, -0.05) is 36.4 Å². The number of morpholine rings is 1. The van der Waals surface area contributed by atoms with E-state index in [1.54, 1.807) is 12.1 Å². The fraction of sp³-hybridized carbons (Fsp3) is 0.391. The van der Waals surface area contributed by atoms with E-state index in [0.29, 0.717) is 5.56 Å². The molecule has 2 N–H and O–H groups in total. The molecule has 4 rings (SSSR count). The molecule has 0 bridgehead atoms. The molecule has 9 heteroatoms. The second kappa shape index (κ2) is 9.32. The number of para-hydroxylation sites is 1. The number of nitrogens with zero attached hydrogens (tertiary/aromatic N) is 1. The van der Waals surface area contributed by atoms with Gasteiger partial charge in [0.25, 0.3) is 0 Å². The van der Waals surface area contributed by atoms with Crippen LogP contribution in [0.5, 0.6) is 5.75 Å². The maximum absolute atomic E-state index is 12.6. The van der Waals surface area contributed by atoms with Crippen molar-refractivity contribution >= 4 is 19.0 Å². The minimum absolute atomic E-state index is 0.0951. The molecule has 1 atom stereocenters. The quantitative estimate of drug-likeness (QED) is 0.474. The highest BCUT2D eigenvalue weighted by Gasteiger charge is 2.37. The van der Waals surface area contributed by atoms with Gasteiger partial charge >= 0.3 is 7.12 Å². The average molecular weight is 438 g/mol. The highest BCUT2D eigenvalue weighted by atomic mass is 16.5. The molecule has 2 heterocycles. The topological polar surface area (TPSA) is 108 Å². The Kier molecular flexibility index (Phi) is 6.50. The van der Waals surface area contributed by atoms with E-state index in [0.717, 1.165) is 42.9 Å². The van der Waals surface area contributed by atoms with Crippen molar-refractivity contribution in [1.82, 2.24) is 5.32 Å². The van der Waals surface area contributed by atoms with Crippen molar-refractivity contribution in [3.05, 3.63) is 64.7 Å². The van der Waals surface area contributed by atoms with E-state index >= 15 is 0 Å². The van der Waals surface area contributed by atoms with Crippen molar-refractivity contribution in [2.75, 3.05) is 33.4 Å². The van der Waals surface area contributed by atoms with Crippen LogP contribution >= 0.6 is 0 Å². The highest BCUT2D eigenvalue weighted by molar-refractivity contribution is 6.47. The molecule has 32 heavy (non-hydrogen) atoms. The monoisotopic (exact) mass is 438 g/mol. The first-order chi connectivity index (χ1) is 15.3. The third kappa shape index (κ3) is 5.12. The number of hydrogen-bond donors (Lipinski definition) is 2. The van der Waals surface area contributed by atoms with Gasteiger partial charge in [-0.3, -0.25) is 4.79 Å². The minimum Gasteiger partial charge on any atom is -0.545 e. The maximum Gasteiger partial charge on any atom is 0.547 e. The summed E-state index contributed by atoms with van der Waals surface area (Å²) in [6, 6.07) is 12.7. The Hall–Kier alpha value is -2.88. The molecule has 1 amide bonds. The Morgan fingerprint density at radius 3 is 2.53 bits per heavy atom. The van der Waals surface area contributed by atoms with Crippen molar-refractivity contribution in [3.63, 3.8) is 0 Å². The normalized spacial score (nSPS) is 19.6. The van der Waals surface area contributed by atoms with E-state index in [2.05, 4.69) is 24.5 Å². The smallest absolute Gasteiger partial charge is 0.545 e. The largest absolute Gasteiger partial charge is 0.547 e. The molecule has 168 valence electrons. The number of ether oxygens (including phenoxy) is 1. The molecular weight excluding hydrogens is 411 g/mol. The third-order valence-corrected chi connectivity index (χ3v) is 6.19. The van der Waals surface area contributed by atoms with Crippen LogP contribution < -0.4 is 15.1 Å². The number of aromatic carboxylic acids is 1. The summed E-state index contributed by atoms with van der Waals surface area (Å²) in [5, 5.41) is 24.3. The third-order valence-electron chi connectivity index (χ3n) is 6.19. The van der Waals surface area contributed by atoms with Crippen LogP contribution in [0.1, 0.15) is 27.0 Å². The first kappa shape index (κ1) is 22.3. The lowest BCUT2D eigenvalue weighted by Crippen LogP contribution is -2.53. The van der Waals surface area contributed by atoms with E-state index in [-0.39, 0.29) is 30.1 Å². The summed E-state index contributed by atoms with van der Waals surface area (Å²) >= 11 is 0. The molecule has 2 aliphatic rings. The molecule has 0 unspecified atom stereocenters. The van der Waals surface area contributed by atoms with Crippen LogP contribution in [0.2, 0.25) is 0 Å². The van der Waals surface area contributed by atoms with Crippen LogP contribution in [-0.2, 0) is 28.9 Å². The molecule has 0 radical (unpaired) electrons. The molecule has 0 aliphatic carbocycles. The number of rotatable bonds is 6. The van der Waals surface area contributed by atoms with Gasteiger partial charge in [-0.25, -0.2) is 0 Å². The summed E-state index contributed by atoms with van der Waals surface area (Å²) in [6.07, 6.45) is 0.442. The molecule has 2 aliphatic heterocycles. The Morgan fingerprint density at radius 2 is 1.84 bits per heavy atom. The molecule has 0 spiro atoms. The van der Waals surface area contributed by atoms with Crippen LogP contribution in [0.25, 0.3) is 0 Å². The van der Waals surface area contributed by atoms with Crippen LogP contribution in [0.4, 0.5) is 0 Å². The zero-order valence-corrected chi connectivity index (χ0v) is 18.1. The standard InChI is InChI=1S/C23H27BN2O6/c1-26(9-11-31-12-10-26)15-17-7-5-16(6-8-17)13-21(27)25-20-14-18-3-2-4-19(23(28)29)22(18)32-24(20)30/h2-8,20,30H,9-15H2,1H3,(H-,25,27,28,29)/t20-/m0/s1. The van der Waals surface area contributed by atoms with Gasteiger partial charge in [0.15, 0.2) is 0 Å². The van der Waals surface area contributed by atoms with E-state index in [9.17, 15) is 19.7 Å². The second-order valence-corrected chi connectivity index (χ2v) is 8.80. The van der Waals surface area contributed by atoms with Crippen molar-refractivity contribution in [2.45, 2.75) is 25.3 Å². The lowest BCUT2D eigenvalue weighted by Gasteiger charge is -2.37. The number of likely N-dealkylation sites (N-methyl/N-ethyl adjacent to an activating group) is 1. The summed E-state index contributed by atoms with van der Waals surface area (Å²) in [7, 11) is 0.891. The number of amides is 1. The average Bonchev–Trinajstić information content (AvgIpc) is 2.75. The molecule has 2 aromatic rings. The van der Waals surface area contributed by atoms with Gasteiger partial charge in [-0.05, 0) is 23.6 Å². The van der Waals surface area contributed by atoms with E-state index in [4.69, 9.17) is 9.39 Å². The predicted molar refractivity (Wildman–Crippen MR) is 116 cm³/mol. The number of hydrogen-bond acceptors (Lipinski definition) is 6. The summed E-state index contributed by atoms with van der Waals surface area (Å²) < 4.78 is 11.8. The molecule has 0 aromatic heterocycles. The zero-order chi connectivity index (χ0) is 22.7. The fourth-order valence-electron chi connectivity index (χ4n) is 4.30. The Bertz CT molecular complexity index is 990. The molecular formula is C23H27BN2O6. The van der Waals surface area contributed by atoms with Gasteiger partial charge in [-0.15, -0.1) is 0 Å². The summed E-state index contributed by atoms with van der Waals surface area (Å²) in [4.78, 5) is 23.8. The fourth-order valence-corrected chi connectivity index (χ4v) is 4.30. The minimum atomic E-state index is -1.37. The highest BCUT2D eigenvalue weighted by Crippen LogP contribution is 2.29. The molecule has 1 saturated heterocycles. The van der Waals surface area contributed by atoms with Crippen molar-refractivity contribution < 1.29 is 33.6 Å². The zero-order valence-electron chi connectivity index (χ0n) is 18.1. The van der Waals surface area contributed by atoms with E-state index in [1.807, 2.05) is 12.1 Å². The first-order valence-corrected chi connectivity index (χ1v) is 10.8. The van der Waals surface area contributed by atoms with Gasteiger partial charge in [0.05, 0.1) is 38.6 Å². The number of benzene rings is 2. The second-order valence-electron chi connectivity index (χ2n) is 8.80. The van der Waals surface area contributed by atoms with Gasteiger partial charge in [0.2, 0.25) is 5.91 Å². The number of carbonyl (C=O) groups is 2. The van der Waals surface area contributed by atoms with Crippen LogP contribution in [0, 0.1) is 0 Å². The van der Waals surface area contributed by atoms with Gasteiger partial charge in [0.1, 0.15) is 25.4 Å². The van der Waals surface area contributed by atoms with Gasteiger partial charge < -0.3 is 34.1 Å². The van der Waals surface area contributed by atoms with Crippen LogP contribution in [0.3, 0.4) is 0 Å². The lowest BCUT2D eigenvalue weighted by molar-refractivity contribution is -0.929. The number of carboxylic acid groups (broad SMARTS) is 1. The van der Waals surface area contributed by atoms with Gasteiger partial charge in [0, 0.05) is 11.1 Å². The predicted octanol–water partition coefficient (Wildman–Crippen LogP) is -0.291. The van der Waals surface area contributed by atoms with Crippen molar-refractivity contribution in [1.29, 1.82) is 0 Å². The number of carboxylic acids is 1. The van der Waals surface area contributed by atoms with Crippen molar-refractivity contribution in [3.8, 4) is 5.75 Å². The summed E-state index contributed by atoms with van der Waals surface area (Å²) in [6.45, 7) is 4.47. The molecule has 0 saturated carbocycles. The molecule has 2 aromatic carbocycles. The number of quaternary nitrogens is 1. The number of nitrogens with one attached hydrogen (secondary N) is 1. The lowest BCUT2D eigenvalue weighted by atomic mass is 9.72. The molecule has 1 fully saturated rings. The number of fused-ring (bicyclic) bond motifs is 1. The first-order valence-electron chi connectivity index (χ1n) is 10.8. The van der Waals surface area contributed by atoms with Gasteiger partial charge in [-0.2, -0.15) is 0 Å². The number of carbonyl (C=O) groups excluding carboxylic acids is 2. The van der Waals surface area contributed by atoms with E-state index < -0.39 is 19.0 Å². The van der Waals surface area contributed by atoms with Crippen LogP contribution in [0.15, 0.2) is 42.5 Å². The molecule has 8 nitrogen and oxygen atoms in total. The SMILES string of the molecule is C[N+]1(Cc2ccc(CC(=O)N[C@H]3Cc4cccc(C(=O)[O-])c4OB3O)cc2)CCOCC1. The van der Waals surface area contributed by atoms with Crippen LogP contribution in [-0.4, -0.2) is 67.8 Å². The Labute approximate surface area is 187 Å².